The van der Waals surface area contributed by atoms with E-state index in [2.05, 4.69) is 5.32 Å². The number of fused-ring (bicyclic) bond motifs is 1. The quantitative estimate of drug-likeness (QED) is 0.829. The van der Waals surface area contributed by atoms with Crippen LogP contribution in [0.4, 0.5) is 0 Å². The molecule has 1 aromatic carbocycles. The van der Waals surface area contributed by atoms with Gasteiger partial charge in [0.1, 0.15) is 6.04 Å². The molecule has 5 heteroatoms. The van der Waals surface area contributed by atoms with E-state index in [0.717, 1.165) is 32.2 Å². The van der Waals surface area contributed by atoms with Crippen molar-refractivity contribution >= 4 is 23.4 Å². The first-order valence-corrected chi connectivity index (χ1v) is 10.9. The summed E-state index contributed by atoms with van der Waals surface area (Å²) < 4.78 is 0. The summed E-state index contributed by atoms with van der Waals surface area (Å²) in [5.74, 6) is 1.04. The Morgan fingerprint density at radius 3 is 2.59 bits per heavy atom. The van der Waals surface area contributed by atoms with Gasteiger partial charge in [-0.25, -0.2) is 0 Å². The van der Waals surface area contributed by atoms with Crippen molar-refractivity contribution in [1.29, 1.82) is 0 Å². The van der Waals surface area contributed by atoms with Crippen LogP contribution in [0.1, 0.15) is 68.1 Å². The fourth-order valence-corrected chi connectivity index (χ4v) is 5.52. The molecule has 4 nitrogen and oxygen atoms in total. The molecule has 1 N–H and O–H groups in total. The minimum Gasteiger partial charge on any atom is -0.354 e. The third-order valence-corrected chi connectivity index (χ3v) is 6.97. The lowest BCUT2D eigenvalue weighted by Crippen LogP contribution is -2.50. The van der Waals surface area contributed by atoms with E-state index in [1.165, 1.54) is 32.1 Å². The molecule has 4 rings (SSSR count). The van der Waals surface area contributed by atoms with Crippen LogP contribution in [-0.4, -0.2) is 35.3 Å². The van der Waals surface area contributed by atoms with Gasteiger partial charge in [0, 0.05) is 23.2 Å². The zero-order chi connectivity index (χ0) is 18.8. The number of halogens is 1. The third-order valence-electron chi connectivity index (χ3n) is 6.74. The zero-order valence-corrected chi connectivity index (χ0v) is 16.6. The highest BCUT2D eigenvalue weighted by Gasteiger charge is 2.47. The number of hydrogen-bond acceptors (Lipinski definition) is 2. The van der Waals surface area contributed by atoms with Crippen LogP contribution in [0.3, 0.4) is 0 Å². The van der Waals surface area contributed by atoms with Crippen molar-refractivity contribution in [3.63, 3.8) is 0 Å². The van der Waals surface area contributed by atoms with E-state index < -0.39 is 0 Å². The van der Waals surface area contributed by atoms with E-state index in [0.29, 0.717) is 22.4 Å². The highest BCUT2D eigenvalue weighted by molar-refractivity contribution is 6.31. The smallest absolute Gasteiger partial charge is 0.254 e. The summed E-state index contributed by atoms with van der Waals surface area (Å²) in [6, 6.07) is 6.95. The van der Waals surface area contributed by atoms with Gasteiger partial charge in [0.05, 0.1) is 0 Å². The minimum absolute atomic E-state index is 0.0340. The maximum atomic E-state index is 13.3. The van der Waals surface area contributed by atoms with Crippen molar-refractivity contribution < 1.29 is 9.59 Å². The lowest BCUT2D eigenvalue weighted by atomic mass is 9.84. The maximum Gasteiger partial charge on any atom is 0.254 e. The lowest BCUT2D eigenvalue weighted by Gasteiger charge is -2.33. The summed E-state index contributed by atoms with van der Waals surface area (Å²) >= 11 is 6.10. The largest absolute Gasteiger partial charge is 0.354 e. The topological polar surface area (TPSA) is 49.4 Å². The molecule has 0 aromatic heterocycles. The third kappa shape index (κ3) is 4.01. The molecule has 0 spiro atoms. The van der Waals surface area contributed by atoms with Crippen molar-refractivity contribution in [2.24, 2.45) is 11.8 Å². The molecule has 1 saturated heterocycles. The first-order chi connectivity index (χ1) is 13.1. The van der Waals surface area contributed by atoms with Crippen LogP contribution in [0.15, 0.2) is 24.3 Å². The number of carbonyl (C=O) groups is 2. The van der Waals surface area contributed by atoms with Crippen molar-refractivity contribution in [3.8, 4) is 0 Å². The Balaban J connectivity index is 1.52. The molecule has 0 unspecified atom stereocenters. The van der Waals surface area contributed by atoms with Gasteiger partial charge in [-0.3, -0.25) is 9.59 Å². The Hall–Kier alpha value is -1.55. The van der Waals surface area contributed by atoms with Crippen LogP contribution in [-0.2, 0) is 4.79 Å². The normalized spacial score (nSPS) is 28.2. The molecule has 3 fully saturated rings. The van der Waals surface area contributed by atoms with Gasteiger partial charge in [-0.15, -0.1) is 0 Å². The lowest BCUT2D eigenvalue weighted by molar-refractivity contribution is -0.125. The molecule has 27 heavy (non-hydrogen) atoms. The molecule has 0 bridgehead atoms. The average Bonchev–Trinajstić information content (AvgIpc) is 3.33. The van der Waals surface area contributed by atoms with Crippen molar-refractivity contribution in [3.05, 3.63) is 34.9 Å². The van der Waals surface area contributed by atoms with Gasteiger partial charge in [0.25, 0.3) is 5.91 Å². The number of hydrogen-bond donors (Lipinski definition) is 1. The van der Waals surface area contributed by atoms with Gasteiger partial charge in [-0.05, 0) is 62.1 Å². The number of amides is 2. The van der Waals surface area contributed by atoms with E-state index in [4.69, 9.17) is 11.6 Å². The second-order valence-electron chi connectivity index (χ2n) is 8.48. The highest BCUT2D eigenvalue weighted by atomic mass is 35.5. The van der Waals surface area contributed by atoms with Crippen LogP contribution in [0, 0.1) is 11.8 Å². The summed E-state index contributed by atoms with van der Waals surface area (Å²) in [6.45, 7) is 0.754. The van der Waals surface area contributed by atoms with Gasteiger partial charge in [0.15, 0.2) is 0 Å². The maximum absolute atomic E-state index is 13.3. The van der Waals surface area contributed by atoms with Crippen LogP contribution in [0.2, 0.25) is 5.02 Å². The molecular formula is C22H29ClN2O2. The van der Waals surface area contributed by atoms with Crippen LogP contribution >= 0.6 is 11.6 Å². The van der Waals surface area contributed by atoms with Gasteiger partial charge < -0.3 is 10.2 Å². The molecule has 146 valence electrons. The average molecular weight is 389 g/mol. The monoisotopic (exact) mass is 388 g/mol. The summed E-state index contributed by atoms with van der Waals surface area (Å²) in [5, 5.41) is 3.72. The molecule has 2 amide bonds. The molecule has 1 aliphatic heterocycles. The molecule has 0 radical (unpaired) electrons. The second-order valence-corrected chi connectivity index (χ2v) is 8.92. The number of nitrogens with one attached hydrogen (secondary N) is 1. The van der Waals surface area contributed by atoms with Crippen LogP contribution in [0.25, 0.3) is 0 Å². The molecule has 3 aliphatic rings. The Bertz CT molecular complexity index is 701. The predicted molar refractivity (Wildman–Crippen MR) is 107 cm³/mol. The van der Waals surface area contributed by atoms with Crippen LogP contribution in [0.5, 0.6) is 0 Å². The van der Waals surface area contributed by atoms with E-state index in [-0.39, 0.29) is 23.9 Å². The number of benzene rings is 1. The van der Waals surface area contributed by atoms with E-state index in [9.17, 15) is 9.59 Å². The van der Waals surface area contributed by atoms with E-state index in [1.54, 1.807) is 24.3 Å². The summed E-state index contributed by atoms with van der Waals surface area (Å²) in [6.07, 6.45) is 10.2. The fourth-order valence-electron chi connectivity index (χ4n) is 5.33. The van der Waals surface area contributed by atoms with Crippen molar-refractivity contribution in [1.82, 2.24) is 10.2 Å². The van der Waals surface area contributed by atoms with E-state index in [1.807, 2.05) is 4.90 Å². The van der Waals surface area contributed by atoms with Gasteiger partial charge in [-0.1, -0.05) is 43.4 Å². The number of likely N-dealkylation sites (tertiary alicyclic amines) is 1. The molecule has 1 aromatic rings. The SMILES string of the molecule is O=C(NCC1CCCC1)[C@@H]1C[C@H]2CCCC[C@@H]2N1C(=O)c1cccc(Cl)c1. The fraction of sp³-hybridized carbons (Fsp3) is 0.636. The first-order valence-electron chi connectivity index (χ1n) is 10.5. The Kier molecular flexibility index (Phi) is 5.72. The highest BCUT2D eigenvalue weighted by Crippen LogP contribution is 2.40. The number of nitrogens with zero attached hydrogens (tertiary/aromatic N) is 1. The summed E-state index contributed by atoms with van der Waals surface area (Å²) in [7, 11) is 0. The van der Waals surface area contributed by atoms with Crippen LogP contribution < -0.4 is 5.32 Å². The Morgan fingerprint density at radius 1 is 1.07 bits per heavy atom. The standard InChI is InChI=1S/C22H29ClN2O2/c23-18-10-5-9-17(12-18)22(27)25-19-11-4-3-8-16(19)13-20(25)21(26)24-14-15-6-1-2-7-15/h5,9-10,12,15-16,19-20H,1-4,6-8,11,13-14H2,(H,24,26)/t16-,19+,20+/m1/s1. The molecule has 2 aliphatic carbocycles. The number of rotatable bonds is 4. The van der Waals surface area contributed by atoms with Gasteiger partial charge >= 0.3 is 0 Å². The van der Waals surface area contributed by atoms with E-state index >= 15 is 0 Å². The molecule has 2 saturated carbocycles. The molecule has 3 atom stereocenters. The zero-order valence-electron chi connectivity index (χ0n) is 15.8. The molecular weight excluding hydrogens is 360 g/mol. The Morgan fingerprint density at radius 2 is 1.81 bits per heavy atom. The Labute approximate surface area is 166 Å². The van der Waals surface area contributed by atoms with Gasteiger partial charge in [-0.2, -0.15) is 0 Å². The second kappa shape index (κ2) is 8.22. The number of carbonyl (C=O) groups excluding carboxylic acids is 2. The van der Waals surface area contributed by atoms with Crippen molar-refractivity contribution in [2.45, 2.75) is 69.9 Å². The first kappa shape index (κ1) is 18.8. The molecule has 1 heterocycles. The minimum atomic E-state index is -0.342. The predicted octanol–water partition coefficient (Wildman–Crippen LogP) is 4.42. The van der Waals surface area contributed by atoms with Crippen molar-refractivity contribution in [2.75, 3.05) is 6.54 Å². The van der Waals surface area contributed by atoms with Gasteiger partial charge in [0.2, 0.25) is 5.91 Å². The summed E-state index contributed by atoms with van der Waals surface area (Å²) in [5.41, 5.74) is 0.585. The summed E-state index contributed by atoms with van der Waals surface area (Å²) in [4.78, 5) is 28.2.